The molecule has 2 aromatic carbocycles. The first-order valence-corrected chi connectivity index (χ1v) is 10.7. The molecule has 0 aromatic heterocycles. The zero-order valence-electron chi connectivity index (χ0n) is 16.5. The lowest BCUT2D eigenvalue weighted by molar-refractivity contribution is -0.129. The Morgan fingerprint density at radius 1 is 1.24 bits per heavy atom. The van der Waals surface area contributed by atoms with Crippen LogP contribution in [-0.2, 0) is 16.0 Å². The third kappa shape index (κ3) is 5.73. The monoisotopic (exact) mass is 416 g/mol. The molecule has 1 aliphatic rings. The zero-order valence-corrected chi connectivity index (χ0v) is 17.3. The van der Waals surface area contributed by atoms with Crippen molar-refractivity contribution in [3.05, 3.63) is 65.5 Å². The lowest BCUT2D eigenvalue weighted by Gasteiger charge is -2.29. The predicted molar refractivity (Wildman–Crippen MR) is 112 cm³/mol. The number of halogens is 1. The summed E-state index contributed by atoms with van der Waals surface area (Å²) in [6.45, 7) is 4.44. The summed E-state index contributed by atoms with van der Waals surface area (Å²) in [4.78, 5) is 25.0. The van der Waals surface area contributed by atoms with Gasteiger partial charge in [0.25, 0.3) is 0 Å². The van der Waals surface area contributed by atoms with Crippen LogP contribution in [0.5, 0.6) is 5.75 Å². The normalized spacial score (nSPS) is 19.9. The van der Waals surface area contributed by atoms with Gasteiger partial charge in [-0.25, -0.2) is 4.39 Å². The van der Waals surface area contributed by atoms with Crippen LogP contribution < -0.4 is 15.4 Å². The first kappa shape index (κ1) is 21.2. The minimum atomic E-state index is -0.567. The van der Waals surface area contributed by atoms with Gasteiger partial charge in [-0.2, -0.15) is 0 Å². The maximum atomic E-state index is 13.0. The molecule has 7 heteroatoms. The van der Waals surface area contributed by atoms with Crippen molar-refractivity contribution in [3.8, 4) is 5.75 Å². The molecule has 1 aliphatic heterocycles. The maximum Gasteiger partial charge on any atom is 0.243 e. The highest BCUT2D eigenvalue weighted by Gasteiger charge is 2.32. The third-order valence-corrected chi connectivity index (χ3v) is 6.08. The number of amides is 2. The molecule has 154 valence electrons. The van der Waals surface area contributed by atoms with Crippen LogP contribution in [0.4, 0.5) is 4.39 Å². The van der Waals surface area contributed by atoms with Gasteiger partial charge in [-0.15, -0.1) is 11.8 Å². The van der Waals surface area contributed by atoms with Crippen molar-refractivity contribution in [3.63, 3.8) is 0 Å². The maximum absolute atomic E-state index is 13.0. The average Bonchev–Trinajstić information content (AvgIpc) is 2.71. The molecule has 0 bridgehead atoms. The minimum Gasteiger partial charge on any atom is -0.494 e. The summed E-state index contributed by atoms with van der Waals surface area (Å²) >= 11 is 1.45. The standard InChI is InChI=1S/C22H25FN2O3S/c1-3-28-18-10-6-16(7-11-18)14(2)24-21(26)19-13-29-20(22(27)25-19)12-15-4-8-17(23)9-5-15/h4-11,14,19-20H,3,12-13H2,1-2H3,(H,24,26)(H,25,27). The van der Waals surface area contributed by atoms with Crippen LogP contribution >= 0.6 is 11.8 Å². The van der Waals surface area contributed by atoms with Crippen molar-refractivity contribution < 1.29 is 18.7 Å². The van der Waals surface area contributed by atoms with Crippen molar-refractivity contribution in [1.29, 1.82) is 0 Å². The highest BCUT2D eigenvalue weighted by atomic mass is 32.2. The molecule has 0 aliphatic carbocycles. The molecule has 1 heterocycles. The van der Waals surface area contributed by atoms with Gasteiger partial charge in [0.15, 0.2) is 0 Å². The van der Waals surface area contributed by atoms with Gasteiger partial charge in [0.1, 0.15) is 17.6 Å². The highest BCUT2D eigenvalue weighted by molar-refractivity contribution is 8.00. The Bertz CT molecular complexity index is 842. The number of benzene rings is 2. The van der Waals surface area contributed by atoms with Crippen molar-refractivity contribution in [2.24, 2.45) is 0 Å². The molecular formula is C22H25FN2O3S. The van der Waals surface area contributed by atoms with Crippen molar-refractivity contribution in [2.45, 2.75) is 37.6 Å². The second-order valence-electron chi connectivity index (χ2n) is 6.95. The molecule has 1 saturated heterocycles. The number of carbonyl (C=O) groups is 2. The van der Waals surface area contributed by atoms with Gasteiger partial charge >= 0.3 is 0 Å². The van der Waals surface area contributed by atoms with E-state index in [1.165, 1.54) is 23.9 Å². The Kier molecular flexibility index (Phi) is 7.14. The fraction of sp³-hybridized carbons (Fsp3) is 0.364. The minimum absolute atomic E-state index is 0.167. The lowest BCUT2D eigenvalue weighted by atomic mass is 10.1. The van der Waals surface area contributed by atoms with Gasteiger partial charge < -0.3 is 15.4 Å². The summed E-state index contributed by atoms with van der Waals surface area (Å²) in [6, 6.07) is 13.0. The Hall–Kier alpha value is -2.54. The molecule has 3 rings (SSSR count). The van der Waals surface area contributed by atoms with Crippen molar-refractivity contribution in [2.75, 3.05) is 12.4 Å². The van der Waals surface area contributed by atoms with E-state index in [9.17, 15) is 14.0 Å². The molecular weight excluding hydrogens is 391 g/mol. The van der Waals surface area contributed by atoms with Gasteiger partial charge in [-0.1, -0.05) is 24.3 Å². The Morgan fingerprint density at radius 3 is 2.55 bits per heavy atom. The number of hydrogen-bond acceptors (Lipinski definition) is 4. The number of rotatable bonds is 7. The van der Waals surface area contributed by atoms with E-state index in [-0.39, 0.29) is 28.9 Å². The fourth-order valence-electron chi connectivity index (χ4n) is 3.14. The topological polar surface area (TPSA) is 67.4 Å². The highest BCUT2D eigenvalue weighted by Crippen LogP contribution is 2.23. The van der Waals surface area contributed by atoms with Crippen LogP contribution in [-0.4, -0.2) is 35.5 Å². The number of carbonyl (C=O) groups excluding carboxylic acids is 2. The molecule has 29 heavy (non-hydrogen) atoms. The Labute approximate surface area is 174 Å². The van der Waals surface area contributed by atoms with E-state index in [4.69, 9.17) is 4.74 Å². The number of nitrogens with one attached hydrogen (secondary N) is 2. The molecule has 2 aromatic rings. The zero-order chi connectivity index (χ0) is 20.8. The van der Waals surface area contributed by atoms with E-state index in [0.29, 0.717) is 18.8 Å². The molecule has 0 radical (unpaired) electrons. The predicted octanol–water partition coefficient (Wildman–Crippen LogP) is 3.24. The van der Waals surface area contributed by atoms with E-state index in [1.807, 2.05) is 38.1 Å². The number of ether oxygens (including phenoxy) is 1. The van der Waals surface area contributed by atoms with Gasteiger partial charge in [-0.3, -0.25) is 9.59 Å². The van der Waals surface area contributed by atoms with Crippen LogP contribution in [0.2, 0.25) is 0 Å². The number of thioether (sulfide) groups is 1. The van der Waals surface area contributed by atoms with Crippen LogP contribution in [0.3, 0.4) is 0 Å². The molecule has 2 amide bonds. The Morgan fingerprint density at radius 2 is 1.93 bits per heavy atom. The summed E-state index contributed by atoms with van der Waals surface area (Å²) in [5.74, 6) is 0.622. The van der Waals surface area contributed by atoms with Gasteiger partial charge in [-0.05, 0) is 55.7 Å². The van der Waals surface area contributed by atoms with Gasteiger partial charge in [0, 0.05) is 5.75 Å². The van der Waals surface area contributed by atoms with Crippen LogP contribution in [0.25, 0.3) is 0 Å². The fourth-order valence-corrected chi connectivity index (χ4v) is 4.33. The second-order valence-corrected chi connectivity index (χ2v) is 8.18. The lowest BCUT2D eigenvalue weighted by Crippen LogP contribution is -2.54. The summed E-state index contributed by atoms with van der Waals surface area (Å²) in [7, 11) is 0. The summed E-state index contributed by atoms with van der Waals surface area (Å²) in [6.07, 6.45) is 0.508. The molecule has 2 N–H and O–H groups in total. The quantitative estimate of drug-likeness (QED) is 0.727. The van der Waals surface area contributed by atoms with Gasteiger partial charge in [0.05, 0.1) is 17.9 Å². The molecule has 0 spiro atoms. The van der Waals surface area contributed by atoms with Crippen LogP contribution in [0.15, 0.2) is 48.5 Å². The van der Waals surface area contributed by atoms with E-state index in [0.717, 1.165) is 16.9 Å². The van der Waals surface area contributed by atoms with Crippen LogP contribution in [0, 0.1) is 5.82 Å². The Balaban J connectivity index is 1.51. The number of hydrogen-bond donors (Lipinski definition) is 2. The summed E-state index contributed by atoms with van der Waals surface area (Å²) < 4.78 is 18.5. The molecule has 3 unspecified atom stereocenters. The first-order valence-electron chi connectivity index (χ1n) is 9.66. The van der Waals surface area contributed by atoms with E-state index >= 15 is 0 Å². The molecule has 5 nitrogen and oxygen atoms in total. The smallest absolute Gasteiger partial charge is 0.243 e. The SMILES string of the molecule is CCOc1ccc(C(C)NC(=O)C2CSC(Cc3ccc(F)cc3)C(=O)N2)cc1. The second kappa shape index (κ2) is 9.78. The molecule has 1 fully saturated rings. The first-order chi connectivity index (χ1) is 14.0. The van der Waals surface area contributed by atoms with Gasteiger partial charge in [0.2, 0.25) is 11.8 Å². The molecule has 0 saturated carbocycles. The van der Waals surface area contributed by atoms with E-state index in [2.05, 4.69) is 10.6 Å². The van der Waals surface area contributed by atoms with E-state index in [1.54, 1.807) is 12.1 Å². The van der Waals surface area contributed by atoms with Crippen molar-refractivity contribution in [1.82, 2.24) is 10.6 Å². The average molecular weight is 417 g/mol. The van der Waals surface area contributed by atoms with E-state index < -0.39 is 6.04 Å². The third-order valence-electron chi connectivity index (χ3n) is 4.77. The molecule has 3 atom stereocenters. The largest absolute Gasteiger partial charge is 0.494 e. The summed E-state index contributed by atoms with van der Waals surface area (Å²) in [5, 5.41) is 5.49. The van der Waals surface area contributed by atoms with Crippen LogP contribution in [0.1, 0.15) is 31.0 Å². The summed E-state index contributed by atoms with van der Waals surface area (Å²) in [5.41, 5.74) is 1.86. The van der Waals surface area contributed by atoms with Crippen molar-refractivity contribution >= 4 is 23.6 Å².